The number of anilines is 1. The standard InChI is InChI=1S/C18H12BrNO3S2/c1-23-17(22)13-7-2-3-8-14(13)20-16(21)15(25-18(20)24)10-11-5-4-6-12(19)9-11/h2-10H,1H3/b15-10-. The third-order valence-corrected chi connectivity index (χ3v) is 5.29. The summed E-state index contributed by atoms with van der Waals surface area (Å²) in [6.45, 7) is 0. The van der Waals surface area contributed by atoms with Crippen molar-refractivity contribution >= 4 is 67.9 Å². The highest BCUT2D eigenvalue weighted by molar-refractivity contribution is 9.10. The number of hydrogen-bond donors (Lipinski definition) is 0. The van der Waals surface area contributed by atoms with Crippen LogP contribution < -0.4 is 4.90 Å². The largest absolute Gasteiger partial charge is 0.465 e. The Labute approximate surface area is 163 Å². The molecule has 7 heteroatoms. The Morgan fingerprint density at radius 1 is 1.24 bits per heavy atom. The number of thiocarbonyl (C=S) groups is 1. The second-order valence-corrected chi connectivity index (χ2v) is 7.67. The molecule has 25 heavy (non-hydrogen) atoms. The highest BCUT2D eigenvalue weighted by atomic mass is 79.9. The molecule has 3 rings (SSSR count). The molecule has 4 nitrogen and oxygen atoms in total. The molecule has 126 valence electrons. The molecule has 0 N–H and O–H groups in total. The van der Waals surface area contributed by atoms with Crippen molar-refractivity contribution in [3.8, 4) is 0 Å². The maximum absolute atomic E-state index is 12.9. The average molecular weight is 434 g/mol. The van der Waals surface area contributed by atoms with Crippen molar-refractivity contribution in [3.05, 3.63) is 69.0 Å². The van der Waals surface area contributed by atoms with Gasteiger partial charge < -0.3 is 4.74 Å². The average Bonchev–Trinajstić information content (AvgIpc) is 2.88. The number of nitrogens with zero attached hydrogens (tertiary/aromatic N) is 1. The van der Waals surface area contributed by atoms with Gasteiger partial charge in [0.1, 0.15) is 0 Å². The third-order valence-electron chi connectivity index (χ3n) is 3.49. The lowest BCUT2D eigenvalue weighted by atomic mass is 10.1. The van der Waals surface area contributed by atoms with Gasteiger partial charge in [0.2, 0.25) is 0 Å². The SMILES string of the molecule is COC(=O)c1ccccc1N1C(=O)/C(=C/c2cccc(Br)c2)SC1=S. The smallest absolute Gasteiger partial charge is 0.339 e. The summed E-state index contributed by atoms with van der Waals surface area (Å²) in [7, 11) is 1.30. The monoisotopic (exact) mass is 433 g/mol. The van der Waals surface area contributed by atoms with Crippen LogP contribution in [0.1, 0.15) is 15.9 Å². The normalized spacial score (nSPS) is 15.8. The highest BCUT2D eigenvalue weighted by Gasteiger charge is 2.35. The van der Waals surface area contributed by atoms with E-state index >= 15 is 0 Å². The molecular formula is C18H12BrNO3S2. The number of amides is 1. The number of thioether (sulfide) groups is 1. The van der Waals surface area contributed by atoms with Gasteiger partial charge in [-0.2, -0.15) is 0 Å². The molecule has 1 heterocycles. The van der Waals surface area contributed by atoms with Crippen LogP contribution in [0.5, 0.6) is 0 Å². The van der Waals surface area contributed by atoms with Crippen LogP contribution in [0, 0.1) is 0 Å². The predicted molar refractivity (Wildman–Crippen MR) is 108 cm³/mol. The Morgan fingerprint density at radius 3 is 2.72 bits per heavy atom. The summed E-state index contributed by atoms with van der Waals surface area (Å²) >= 11 is 9.99. The zero-order chi connectivity index (χ0) is 18.0. The molecule has 2 aromatic carbocycles. The zero-order valence-corrected chi connectivity index (χ0v) is 16.3. The van der Waals surface area contributed by atoms with E-state index in [1.807, 2.05) is 24.3 Å². The Balaban J connectivity index is 1.99. The van der Waals surface area contributed by atoms with Crippen LogP contribution in [0.2, 0.25) is 0 Å². The molecule has 0 bridgehead atoms. The van der Waals surface area contributed by atoms with E-state index in [1.165, 1.54) is 23.8 Å². The Kier molecular flexibility index (Phi) is 5.36. The number of carbonyl (C=O) groups is 2. The van der Waals surface area contributed by atoms with Crippen LogP contribution in [0.25, 0.3) is 6.08 Å². The maximum atomic E-state index is 12.9. The van der Waals surface area contributed by atoms with Crippen molar-refractivity contribution in [1.29, 1.82) is 0 Å². The molecule has 0 atom stereocenters. The minimum Gasteiger partial charge on any atom is -0.465 e. The summed E-state index contributed by atoms with van der Waals surface area (Å²) in [5, 5.41) is 0. The number of ether oxygens (including phenoxy) is 1. The number of benzene rings is 2. The first kappa shape index (κ1) is 17.8. The van der Waals surface area contributed by atoms with E-state index in [2.05, 4.69) is 15.9 Å². The summed E-state index contributed by atoms with van der Waals surface area (Å²) in [5.41, 5.74) is 1.61. The van der Waals surface area contributed by atoms with Crippen LogP contribution in [0.4, 0.5) is 5.69 Å². The van der Waals surface area contributed by atoms with E-state index in [1.54, 1.807) is 30.3 Å². The third kappa shape index (κ3) is 3.68. The number of carbonyl (C=O) groups excluding carboxylic acids is 2. The fourth-order valence-corrected chi connectivity index (χ4v) is 4.08. The molecule has 0 unspecified atom stereocenters. The molecular weight excluding hydrogens is 422 g/mol. The first-order valence-electron chi connectivity index (χ1n) is 7.22. The van der Waals surface area contributed by atoms with Gasteiger partial charge in [-0.15, -0.1) is 0 Å². The van der Waals surface area contributed by atoms with Crippen molar-refractivity contribution in [1.82, 2.24) is 0 Å². The van der Waals surface area contributed by atoms with Crippen LogP contribution in [-0.4, -0.2) is 23.3 Å². The van der Waals surface area contributed by atoms with Gasteiger partial charge >= 0.3 is 5.97 Å². The summed E-state index contributed by atoms with van der Waals surface area (Å²) in [6, 6.07) is 14.4. The first-order chi connectivity index (χ1) is 12.0. The Morgan fingerprint density at radius 2 is 2.00 bits per heavy atom. The quantitative estimate of drug-likeness (QED) is 0.400. The molecule has 0 aliphatic carbocycles. The van der Waals surface area contributed by atoms with Gasteiger partial charge in [-0.25, -0.2) is 4.79 Å². The number of esters is 1. The highest BCUT2D eigenvalue weighted by Crippen LogP contribution is 2.37. The van der Waals surface area contributed by atoms with Crippen molar-refractivity contribution in [3.63, 3.8) is 0 Å². The second-order valence-electron chi connectivity index (χ2n) is 5.08. The summed E-state index contributed by atoms with van der Waals surface area (Å²) < 4.78 is 6.10. The number of hydrogen-bond acceptors (Lipinski definition) is 5. The number of methoxy groups -OCH3 is 1. The summed E-state index contributed by atoms with van der Waals surface area (Å²) in [4.78, 5) is 26.7. The molecule has 1 amide bonds. The molecule has 0 aromatic heterocycles. The topological polar surface area (TPSA) is 46.6 Å². The summed E-state index contributed by atoms with van der Waals surface area (Å²) in [5.74, 6) is -0.771. The van der Waals surface area contributed by atoms with Gasteiger partial charge in [-0.1, -0.05) is 64.2 Å². The van der Waals surface area contributed by atoms with Gasteiger partial charge in [0.05, 0.1) is 23.3 Å². The molecule has 1 fully saturated rings. The molecule has 1 aliphatic heterocycles. The minimum absolute atomic E-state index is 0.258. The van der Waals surface area contributed by atoms with Crippen molar-refractivity contribution in [2.45, 2.75) is 0 Å². The number of rotatable bonds is 3. The molecule has 0 saturated carbocycles. The minimum atomic E-state index is -0.513. The lowest BCUT2D eigenvalue weighted by molar-refractivity contribution is -0.113. The summed E-state index contributed by atoms with van der Waals surface area (Å²) in [6.07, 6.45) is 1.78. The van der Waals surface area contributed by atoms with E-state index in [-0.39, 0.29) is 5.91 Å². The van der Waals surface area contributed by atoms with Crippen molar-refractivity contribution in [2.75, 3.05) is 12.0 Å². The van der Waals surface area contributed by atoms with Crippen LogP contribution in [0.3, 0.4) is 0 Å². The van der Waals surface area contributed by atoms with E-state index in [0.717, 1.165) is 10.0 Å². The number of para-hydroxylation sites is 1. The van der Waals surface area contributed by atoms with E-state index < -0.39 is 5.97 Å². The Bertz CT molecular complexity index is 911. The number of halogens is 1. The fraction of sp³-hybridized carbons (Fsp3) is 0.0556. The van der Waals surface area contributed by atoms with Gasteiger partial charge in [-0.05, 0) is 35.9 Å². The van der Waals surface area contributed by atoms with Gasteiger partial charge in [0.25, 0.3) is 5.91 Å². The molecule has 0 radical (unpaired) electrons. The fourth-order valence-electron chi connectivity index (χ4n) is 2.37. The van der Waals surface area contributed by atoms with E-state index in [9.17, 15) is 9.59 Å². The van der Waals surface area contributed by atoms with Crippen LogP contribution in [-0.2, 0) is 9.53 Å². The van der Waals surface area contributed by atoms with Crippen LogP contribution >= 0.6 is 39.9 Å². The zero-order valence-electron chi connectivity index (χ0n) is 13.1. The van der Waals surface area contributed by atoms with Gasteiger partial charge in [0.15, 0.2) is 4.32 Å². The maximum Gasteiger partial charge on any atom is 0.339 e. The molecule has 0 spiro atoms. The first-order valence-corrected chi connectivity index (χ1v) is 9.24. The van der Waals surface area contributed by atoms with Crippen molar-refractivity contribution < 1.29 is 14.3 Å². The van der Waals surface area contributed by atoms with Crippen molar-refractivity contribution in [2.24, 2.45) is 0 Å². The van der Waals surface area contributed by atoms with Gasteiger partial charge in [0, 0.05) is 4.47 Å². The lowest BCUT2D eigenvalue weighted by Crippen LogP contribution is -2.29. The van der Waals surface area contributed by atoms with E-state index in [4.69, 9.17) is 17.0 Å². The molecule has 1 saturated heterocycles. The lowest BCUT2D eigenvalue weighted by Gasteiger charge is -2.17. The van der Waals surface area contributed by atoms with Crippen LogP contribution in [0.15, 0.2) is 57.9 Å². The van der Waals surface area contributed by atoms with Gasteiger partial charge in [-0.3, -0.25) is 9.69 Å². The Hall–Kier alpha value is -1.96. The predicted octanol–water partition coefficient (Wildman–Crippen LogP) is 4.64. The molecule has 2 aromatic rings. The molecule has 1 aliphatic rings. The second kappa shape index (κ2) is 7.51. The van der Waals surface area contributed by atoms with E-state index in [0.29, 0.717) is 20.5 Å².